The third kappa shape index (κ3) is 2.16. The van der Waals surface area contributed by atoms with E-state index >= 15 is 0 Å². The van der Waals surface area contributed by atoms with Crippen molar-refractivity contribution in [3.63, 3.8) is 0 Å². The topological polar surface area (TPSA) is 12.0 Å². The number of rotatable bonds is 2. The van der Waals surface area contributed by atoms with Gasteiger partial charge in [-0.15, -0.1) is 0 Å². The van der Waals surface area contributed by atoms with E-state index in [1.165, 1.54) is 5.56 Å². The van der Waals surface area contributed by atoms with Crippen LogP contribution in [-0.2, 0) is 6.42 Å². The normalized spacial score (nSPS) is 33.6. The highest BCUT2D eigenvalue weighted by atomic mass is 19.3. The van der Waals surface area contributed by atoms with Gasteiger partial charge in [-0.1, -0.05) is 29.8 Å². The lowest BCUT2D eigenvalue weighted by Gasteiger charge is -2.37. The van der Waals surface area contributed by atoms with Crippen molar-refractivity contribution in [2.75, 3.05) is 0 Å². The average molecular weight is 251 g/mol. The third-order valence-electron chi connectivity index (χ3n) is 4.40. The summed E-state index contributed by atoms with van der Waals surface area (Å²) in [5, 5.41) is 3.35. The monoisotopic (exact) mass is 251 g/mol. The molecule has 2 bridgehead atoms. The largest absolute Gasteiger partial charge is 0.310 e. The summed E-state index contributed by atoms with van der Waals surface area (Å²) < 4.78 is 28.3. The lowest BCUT2D eigenvalue weighted by Crippen LogP contribution is -2.52. The summed E-state index contributed by atoms with van der Waals surface area (Å²) in [6, 6.07) is 8.00. The molecule has 3 rings (SSSR count). The molecule has 98 valence electrons. The van der Waals surface area contributed by atoms with Crippen LogP contribution >= 0.6 is 0 Å². The Balaban J connectivity index is 1.79. The first-order chi connectivity index (χ1) is 8.54. The highest BCUT2D eigenvalue weighted by molar-refractivity contribution is 5.23. The molecule has 3 unspecified atom stereocenters. The fourth-order valence-electron chi connectivity index (χ4n) is 3.37. The van der Waals surface area contributed by atoms with Gasteiger partial charge in [0.2, 0.25) is 0 Å². The van der Waals surface area contributed by atoms with Crippen molar-refractivity contribution in [3.05, 3.63) is 35.4 Å². The van der Waals surface area contributed by atoms with Gasteiger partial charge in [-0.25, -0.2) is 8.78 Å². The Morgan fingerprint density at radius 1 is 1.22 bits per heavy atom. The number of piperidine rings is 1. The predicted molar refractivity (Wildman–Crippen MR) is 67.9 cm³/mol. The second kappa shape index (κ2) is 4.30. The van der Waals surface area contributed by atoms with Crippen molar-refractivity contribution in [3.8, 4) is 0 Å². The molecule has 0 amide bonds. The van der Waals surface area contributed by atoms with Gasteiger partial charge in [0.15, 0.2) is 0 Å². The van der Waals surface area contributed by atoms with Gasteiger partial charge < -0.3 is 5.32 Å². The quantitative estimate of drug-likeness (QED) is 0.850. The maximum Gasteiger partial charge on any atom is 0.254 e. The summed E-state index contributed by atoms with van der Waals surface area (Å²) in [5.41, 5.74) is 2.20. The molecular weight excluding hydrogens is 232 g/mol. The predicted octanol–water partition coefficient (Wildman–Crippen LogP) is 3.31. The number of hydrogen-bond donors (Lipinski definition) is 1. The van der Waals surface area contributed by atoms with Crippen LogP contribution in [0, 0.1) is 12.8 Å². The molecule has 1 aromatic carbocycles. The number of fused-ring (bicyclic) bond motifs is 2. The first kappa shape index (κ1) is 12.1. The minimum Gasteiger partial charge on any atom is -0.310 e. The Kier molecular flexibility index (Phi) is 2.89. The molecule has 0 spiro atoms. The molecule has 3 heteroatoms. The number of nitrogens with one attached hydrogen (secondary N) is 1. The van der Waals surface area contributed by atoms with Crippen molar-refractivity contribution in [2.24, 2.45) is 5.92 Å². The Bertz CT molecular complexity index is 427. The molecule has 18 heavy (non-hydrogen) atoms. The molecule has 0 aliphatic carbocycles. The molecule has 2 aliphatic rings. The fraction of sp³-hybridized carbons (Fsp3) is 0.600. The fourth-order valence-corrected chi connectivity index (χ4v) is 3.37. The number of hydrogen-bond acceptors (Lipinski definition) is 1. The van der Waals surface area contributed by atoms with Crippen LogP contribution in [0.3, 0.4) is 0 Å². The smallest absolute Gasteiger partial charge is 0.254 e. The SMILES string of the molecule is Cc1ccc(CC2C3CCC(CC2(F)F)N3)cc1. The molecular formula is C15H19F2N. The first-order valence-corrected chi connectivity index (χ1v) is 6.74. The summed E-state index contributed by atoms with van der Waals surface area (Å²) in [5.74, 6) is -3.05. The second-order valence-electron chi connectivity index (χ2n) is 5.81. The zero-order valence-corrected chi connectivity index (χ0v) is 10.6. The molecule has 2 heterocycles. The standard InChI is InChI=1S/C15H19F2N/c1-10-2-4-11(5-3-10)8-13-14-7-6-12(18-14)9-15(13,16)17/h2-5,12-14,18H,6-9H2,1H3. The van der Waals surface area contributed by atoms with Crippen LogP contribution in [0.15, 0.2) is 24.3 Å². The molecule has 1 aromatic rings. The molecule has 2 aliphatic heterocycles. The lowest BCUT2D eigenvalue weighted by atomic mass is 9.83. The Morgan fingerprint density at radius 3 is 2.67 bits per heavy atom. The van der Waals surface area contributed by atoms with Crippen molar-refractivity contribution in [1.82, 2.24) is 5.32 Å². The van der Waals surface area contributed by atoms with Gasteiger partial charge in [-0.3, -0.25) is 0 Å². The van der Waals surface area contributed by atoms with E-state index in [0.29, 0.717) is 6.42 Å². The zero-order valence-electron chi connectivity index (χ0n) is 10.6. The van der Waals surface area contributed by atoms with Crippen molar-refractivity contribution < 1.29 is 8.78 Å². The van der Waals surface area contributed by atoms with Crippen molar-refractivity contribution >= 4 is 0 Å². The molecule has 1 nitrogen and oxygen atoms in total. The maximum atomic E-state index is 14.1. The lowest BCUT2D eigenvalue weighted by molar-refractivity contribution is -0.0954. The molecule has 2 fully saturated rings. The number of alkyl halides is 2. The third-order valence-corrected chi connectivity index (χ3v) is 4.40. The van der Waals surface area contributed by atoms with Crippen LogP contribution in [0.5, 0.6) is 0 Å². The highest BCUT2D eigenvalue weighted by Crippen LogP contribution is 2.43. The maximum absolute atomic E-state index is 14.1. The van der Waals surface area contributed by atoms with Gasteiger partial charge in [-0.05, 0) is 31.7 Å². The molecule has 0 saturated carbocycles. The van der Waals surface area contributed by atoms with Gasteiger partial charge in [0.05, 0.1) is 0 Å². The zero-order chi connectivity index (χ0) is 12.8. The number of aryl methyl sites for hydroxylation is 1. The van der Waals surface area contributed by atoms with Gasteiger partial charge >= 0.3 is 0 Å². The van der Waals surface area contributed by atoms with Crippen LogP contribution in [0.4, 0.5) is 8.78 Å². The Hall–Kier alpha value is -0.960. The van der Waals surface area contributed by atoms with E-state index in [2.05, 4.69) is 5.32 Å². The van der Waals surface area contributed by atoms with Gasteiger partial charge in [0.25, 0.3) is 5.92 Å². The second-order valence-corrected chi connectivity index (χ2v) is 5.81. The van der Waals surface area contributed by atoms with Gasteiger partial charge in [0, 0.05) is 24.4 Å². The molecule has 3 atom stereocenters. The average Bonchev–Trinajstić information content (AvgIpc) is 2.70. The minimum atomic E-state index is -2.51. The van der Waals surface area contributed by atoms with E-state index in [0.717, 1.165) is 18.4 Å². The number of benzene rings is 1. The van der Waals surface area contributed by atoms with Crippen LogP contribution in [0.2, 0.25) is 0 Å². The minimum absolute atomic E-state index is 0.0000491. The van der Waals surface area contributed by atoms with E-state index in [-0.39, 0.29) is 18.5 Å². The molecule has 1 N–H and O–H groups in total. The van der Waals surface area contributed by atoms with Gasteiger partial charge in [0.1, 0.15) is 0 Å². The number of halogens is 2. The summed E-state index contributed by atoms with van der Waals surface area (Å²) in [4.78, 5) is 0. The van der Waals surface area contributed by atoms with E-state index in [1.54, 1.807) is 0 Å². The molecule has 0 aromatic heterocycles. The van der Waals surface area contributed by atoms with E-state index in [4.69, 9.17) is 0 Å². The highest BCUT2D eigenvalue weighted by Gasteiger charge is 2.52. The van der Waals surface area contributed by atoms with Crippen molar-refractivity contribution in [2.45, 2.75) is 50.6 Å². The van der Waals surface area contributed by atoms with Crippen LogP contribution in [-0.4, -0.2) is 18.0 Å². The van der Waals surface area contributed by atoms with Crippen LogP contribution < -0.4 is 5.32 Å². The Morgan fingerprint density at radius 2 is 1.94 bits per heavy atom. The summed E-state index contributed by atoms with van der Waals surface area (Å²) in [7, 11) is 0. The first-order valence-electron chi connectivity index (χ1n) is 6.74. The van der Waals surface area contributed by atoms with Crippen molar-refractivity contribution in [1.29, 1.82) is 0 Å². The summed E-state index contributed by atoms with van der Waals surface area (Å²) >= 11 is 0. The Labute approximate surface area is 107 Å². The van der Waals surface area contributed by atoms with Crippen LogP contribution in [0.25, 0.3) is 0 Å². The molecule has 0 radical (unpaired) electrons. The van der Waals surface area contributed by atoms with Gasteiger partial charge in [-0.2, -0.15) is 0 Å². The van der Waals surface area contributed by atoms with E-state index in [1.807, 2.05) is 31.2 Å². The molecule has 2 saturated heterocycles. The van der Waals surface area contributed by atoms with E-state index < -0.39 is 11.8 Å². The summed E-state index contributed by atoms with van der Waals surface area (Å²) in [6.07, 6.45) is 2.30. The van der Waals surface area contributed by atoms with Crippen LogP contribution in [0.1, 0.15) is 30.4 Å². The summed E-state index contributed by atoms with van der Waals surface area (Å²) in [6.45, 7) is 2.02. The van der Waals surface area contributed by atoms with E-state index in [9.17, 15) is 8.78 Å².